The van der Waals surface area contributed by atoms with Gasteiger partial charge >= 0.3 is 0 Å². The molecule has 0 bridgehead atoms. The molecule has 1 aromatic carbocycles. The van der Waals surface area contributed by atoms with Crippen molar-refractivity contribution in [1.82, 2.24) is 10.2 Å². The summed E-state index contributed by atoms with van der Waals surface area (Å²) in [7, 11) is 0. The van der Waals surface area contributed by atoms with Crippen molar-refractivity contribution in [3.63, 3.8) is 0 Å². The minimum atomic E-state index is 0.392. The van der Waals surface area contributed by atoms with Crippen molar-refractivity contribution < 1.29 is 0 Å². The zero-order valence-corrected chi connectivity index (χ0v) is 10.5. The fraction of sp³-hybridized carbons (Fsp3) is 0. The summed E-state index contributed by atoms with van der Waals surface area (Å²) in [6, 6.07) is 11.5. The van der Waals surface area contributed by atoms with Gasteiger partial charge in [0.25, 0.3) is 0 Å². The summed E-state index contributed by atoms with van der Waals surface area (Å²) in [6.45, 7) is 0. The summed E-state index contributed by atoms with van der Waals surface area (Å²) in [5.74, 6) is 0.682. The Labute approximate surface area is 106 Å². The van der Waals surface area contributed by atoms with E-state index < -0.39 is 0 Å². The van der Waals surface area contributed by atoms with E-state index in [1.165, 1.54) is 3.57 Å². The van der Waals surface area contributed by atoms with Crippen molar-refractivity contribution in [3.8, 4) is 0 Å². The standard InChI is InChI=1S/C10H7ClIN3/c11-9-4-5-10(15-14-9)13-8-3-1-2-7(12)6-8/h1-6H,(H,13,15). The van der Waals surface area contributed by atoms with Crippen LogP contribution in [0, 0.1) is 3.57 Å². The fourth-order valence-corrected chi connectivity index (χ4v) is 1.74. The Morgan fingerprint density at radius 1 is 1.13 bits per heavy atom. The second kappa shape index (κ2) is 4.76. The fourth-order valence-electron chi connectivity index (χ4n) is 1.10. The summed E-state index contributed by atoms with van der Waals surface area (Å²) < 4.78 is 1.17. The van der Waals surface area contributed by atoms with E-state index >= 15 is 0 Å². The lowest BCUT2D eigenvalue weighted by atomic mass is 10.3. The third-order valence-electron chi connectivity index (χ3n) is 1.73. The molecular weight excluding hydrogens is 324 g/mol. The molecule has 15 heavy (non-hydrogen) atoms. The monoisotopic (exact) mass is 331 g/mol. The molecule has 0 saturated heterocycles. The Morgan fingerprint density at radius 3 is 2.67 bits per heavy atom. The highest BCUT2D eigenvalue weighted by molar-refractivity contribution is 14.1. The lowest BCUT2D eigenvalue weighted by Crippen LogP contribution is -1.95. The van der Waals surface area contributed by atoms with Crippen molar-refractivity contribution >= 4 is 45.7 Å². The molecule has 76 valence electrons. The molecule has 1 N–H and O–H groups in total. The molecule has 0 atom stereocenters. The van der Waals surface area contributed by atoms with Crippen LogP contribution in [0.4, 0.5) is 11.5 Å². The Morgan fingerprint density at radius 2 is 2.00 bits per heavy atom. The van der Waals surface area contributed by atoms with Crippen LogP contribution < -0.4 is 5.32 Å². The summed E-state index contributed by atoms with van der Waals surface area (Å²) >= 11 is 7.89. The van der Waals surface area contributed by atoms with E-state index in [1.807, 2.05) is 24.3 Å². The molecule has 0 aliphatic heterocycles. The molecule has 0 amide bonds. The van der Waals surface area contributed by atoms with Crippen LogP contribution in [0.15, 0.2) is 36.4 Å². The van der Waals surface area contributed by atoms with Crippen LogP contribution >= 0.6 is 34.2 Å². The SMILES string of the molecule is Clc1ccc(Nc2cccc(I)c2)nn1. The number of anilines is 2. The molecule has 0 aliphatic rings. The zero-order chi connectivity index (χ0) is 10.7. The number of hydrogen-bond donors (Lipinski definition) is 1. The second-order valence-corrected chi connectivity index (χ2v) is 4.51. The summed E-state index contributed by atoms with van der Waals surface area (Å²) in [4.78, 5) is 0. The van der Waals surface area contributed by atoms with Gasteiger partial charge in [-0.05, 0) is 52.9 Å². The average Bonchev–Trinajstić information content (AvgIpc) is 2.22. The Balaban J connectivity index is 2.18. The van der Waals surface area contributed by atoms with E-state index in [2.05, 4.69) is 38.1 Å². The predicted molar refractivity (Wildman–Crippen MR) is 69.5 cm³/mol. The predicted octanol–water partition coefficient (Wildman–Crippen LogP) is 3.48. The molecule has 0 saturated carbocycles. The van der Waals surface area contributed by atoms with E-state index in [-0.39, 0.29) is 0 Å². The van der Waals surface area contributed by atoms with Gasteiger partial charge in [0.15, 0.2) is 11.0 Å². The summed E-state index contributed by atoms with van der Waals surface area (Å²) in [5.41, 5.74) is 0.985. The summed E-state index contributed by atoms with van der Waals surface area (Å²) in [6.07, 6.45) is 0. The Bertz CT molecular complexity index is 458. The van der Waals surface area contributed by atoms with Gasteiger partial charge in [0.05, 0.1) is 0 Å². The van der Waals surface area contributed by atoms with Crippen molar-refractivity contribution in [2.45, 2.75) is 0 Å². The van der Waals surface area contributed by atoms with Gasteiger partial charge in [-0.15, -0.1) is 10.2 Å². The van der Waals surface area contributed by atoms with Gasteiger partial charge in [-0.1, -0.05) is 17.7 Å². The first-order valence-corrected chi connectivity index (χ1v) is 5.71. The maximum Gasteiger partial charge on any atom is 0.153 e. The van der Waals surface area contributed by atoms with Crippen LogP contribution in [0.1, 0.15) is 0 Å². The first-order chi connectivity index (χ1) is 7.24. The normalized spacial score (nSPS) is 10.0. The number of rotatable bonds is 2. The molecule has 5 heteroatoms. The molecule has 1 aromatic heterocycles. The Hall–Kier alpha value is -0.880. The van der Waals surface area contributed by atoms with Gasteiger partial charge in [-0.3, -0.25) is 0 Å². The molecule has 0 aliphatic carbocycles. The zero-order valence-electron chi connectivity index (χ0n) is 7.61. The number of hydrogen-bond acceptors (Lipinski definition) is 3. The van der Waals surface area contributed by atoms with Gasteiger partial charge < -0.3 is 5.32 Å². The molecule has 3 nitrogen and oxygen atoms in total. The minimum Gasteiger partial charge on any atom is -0.339 e. The quantitative estimate of drug-likeness (QED) is 0.856. The number of halogens is 2. The van der Waals surface area contributed by atoms with Crippen LogP contribution in [0.2, 0.25) is 5.15 Å². The van der Waals surface area contributed by atoms with Gasteiger partial charge in [-0.2, -0.15) is 0 Å². The number of benzene rings is 1. The maximum absolute atomic E-state index is 5.64. The van der Waals surface area contributed by atoms with Crippen LogP contribution in [0.25, 0.3) is 0 Å². The molecule has 0 radical (unpaired) electrons. The van der Waals surface area contributed by atoms with Gasteiger partial charge in [0.2, 0.25) is 0 Å². The van der Waals surface area contributed by atoms with Gasteiger partial charge in [-0.25, -0.2) is 0 Å². The van der Waals surface area contributed by atoms with Crippen molar-refractivity contribution in [2.75, 3.05) is 5.32 Å². The smallest absolute Gasteiger partial charge is 0.153 e. The van der Waals surface area contributed by atoms with E-state index in [4.69, 9.17) is 11.6 Å². The average molecular weight is 332 g/mol. The first kappa shape index (κ1) is 10.6. The van der Waals surface area contributed by atoms with Crippen molar-refractivity contribution in [1.29, 1.82) is 0 Å². The van der Waals surface area contributed by atoms with Gasteiger partial charge in [0.1, 0.15) is 0 Å². The van der Waals surface area contributed by atoms with Gasteiger partial charge in [0, 0.05) is 9.26 Å². The maximum atomic E-state index is 5.64. The third kappa shape index (κ3) is 3.04. The number of aromatic nitrogens is 2. The van der Waals surface area contributed by atoms with Crippen LogP contribution in [0.5, 0.6) is 0 Å². The van der Waals surface area contributed by atoms with Crippen LogP contribution in [0.3, 0.4) is 0 Å². The molecule has 2 rings (SSSR count). The molecular formula is C10H7ClIN3. The number of nitrogens with zero attached hydrogens (tertiary/aromatic N) is 2. The van der Waals surface area contributed by atoms with Crippen molar-refractivity contribution in [2.24, 2.45) is 0 Å². The van der Waals surface area contributed by atoms with E-state index in [0.717, 1.165) is 5.69 Å². The molecule has 2 aromatic rings. The second-order valence-electron chi connectivity index (χ2n) is 2.88. The van der Waals surface area contributed by atoms with E-state index in [0.29, 0.717) is 11.0 Å². The van der Waals surface area contributed by atoms with Crippen LogP contribution in [-0.4, -0.2) is 10.2 Å². The highest BCUT2D eigenvalue weighted by Crippen LogP contribution is 2.17. The first-order valence-electron chi connectivity index (χ1n) is 4.26. The highest BCUT2D eigenvalue weighted by Gasteiger charge is 1.97. The van der Waals surface area contributed by atoms with Crippen molar-refractivity contribution in [3.05, 3.63) is 45.1 Å². The topological polar surface area (TPSA) is 37.8 Å². The highest BCUT2D eigenvalue weighted by atomic mass is 127. The van der Waals surface area contributed by atoms with E-state index in [9.17, 15) is 0 Å². The van der Waals surface area contributed by atoms with E-state index in [1.54, 1.807) is 12.1 Å². The molecule has 0 fully saturated rings. The molecule has 0 unspecified atom stereocenters. The minimum absolute atomic E-state index is 0.392. The third-order valence-corrected chi connectivity index (χ3v) is 2.60. The number of nitrogens with one attached hydrogen (secondary N) is 1. The summed E-state index contributed by atoms with van der Waals surface area (Å²) in [5, 5.41) is 11.2. The largest absolute Gasteiger partial charge is 0.339 e. The Kier molecular flexibility index (Phi) is 3.37. The molecule has 1 heterocycles. The lowest BCUT2D eigenvalue weighted by molar-refractivity contribution is 1.04. The molecule has 0 spiro atoms. The van der Waals surface area contributed by atoms with Crippen LogP contribution in [-0.2, 0) is 0 Å². The lowest BCUT2D eigenvalue weighted by Gasteiger charge is -2.04.